The number of carbonyl (C=O) groups excluding carboxylic acids is 4. The third-order valence-electron chi connectivity index (χ3n) is 5.77. The Morgan fingerprint density at radius 1 is 1.19 bits per heavy atom. The summed E-state index contributed by atoms with van der Waals surface area (Å²) in [6.45, 7) is 4.12. The third-order valence-corrected chi connectivity index (χ3v) is 5.77. The van der Waals surface area contributed by atoms with E-state index in [0.717, 1.165) is 6.07 Å². The lowest BCUT2D eigenvalue weighted by Crippen LogP contribution is -2.54. The Morgan fingerprint density at radius 2 is 1.92 bits per heavy atom. The third kappa shape index (κ3) is 6.89. The Morgan fingerprint density at radius 3 is 2.50 bits per heavy atom. The molecule has 1 aromatic carbocycles. The van der Waals surface area contributed by atoms with Crippen molar-refractivity contribution in [3.63, 3.8) is 0 Å². The molecule has 0 saturated carbocycles. The Hall–Kier alpha value is -3.77. The van der Waals surface area contributed by atoms with E-state index in [9.17, 15) is 32.3 Å². The highest BCUT2D eigenvalue weighted by Gasteiger charge is 2.34. The fourth-order valence-electron chi connectivity index (χ4n) is 4.08. The Balaban J connectivity index is 1.76. The van der Waals surface area contributed by atoms with Crippen LogP contribution in [0, 0.1) is 11.8 Å². The number of aromatic amines is 1. The van der Waals surface area contributed by atoms with Crippen LogP contribution in [-0.4, -0.2) is 53.6 Å². The summed E-state index contributed by atoms with van der Waals surface area (Å²) in [6, 6.07) is 2.94. The number of primary amides is 1. The average Bonchev–Trinajstić information content (AvgIpc) is 3.38. The number of carbonyl (C=O) groups is 4. The van der Waals surface area contributed by atoms with Gasteiger partial charge in [-0.2, -0.15) is 0 Å². The van der Waals surface area contributed by atoms with E-state index in [2.05, 4.69) is 25.7 Å². The van der Waals surface area contributed by atoms with E-state index in [4.69, 9.17) is 5.73 Å². The van der Waals surface area contributed by atoms with Crippen molar-refractivity contribution >= 4 is 34.5 Å². The summed E-state index contributed by atoms with van der Waals surface area (Å²) in [6.07, 6.45) is -4.18. The van der Waals surface area contributed by atoms with Crippen LogP contribution >= 0.6 is 0 Å². The smallest absolute Gasteiger partial charge is 0.405 e. The van der Waals surface area contributed by atoms with Gasteiger partial charge in [-0.3, -0.25) is 19.2 Å². The predicted molar refractivity (Wildman–Crippen MR) is 123 cm³/mol. The first-order chi connectivity index (χ1) is 16.8. The largest absolute Gasteiger partial charge is 0.573 e. The minimum atomic E-state index is -4.91. The van der Waals surface area contributed by atoms with Crippen molar-refractivity contribution < 1.29 is 37.1 Å². The first-order valence-corrected chi connectivity index (χ1v) is 11.4. The summed E-state index contributed by atoms with van der Waals surface area (Å²) in [5.74, 6) is -3.44. The highest BCUT2D eigenvalue weighted by molar-refractivity contribution is 6.01. The number of hydrogen-bond acceptors (Lipinski definition) is 5. The fourth-order valence-corrected chi connectivity index (χ4v) is 4.08. The fraction of sp³-hybridized carbons (Fsp3) is 0.478. The van der Waals surface area contributed by atoms with Crippen LogP contribution in [0.4, 0.5) is 13.2 Å². The van der Waals surface area contributed by atoms with Crippen molar-refractivity contribution in [1.29, 1.82) is 0 Å². The number of benzene rings is 1. The molecule has 0 bridgehead atoms. The summed E-state index contributed by atoms with van der Waals surface area (Å²) in [7, 11) is 0. The molecule has 4 amide bonds. The van der Waals surface area contributed by atoms with E-state index in [1.165, 1.54) is 18.2 Å². The van der Waals surface area contributed by atoms with Gasteiger partial charge in [-0.05, 0) is 43.4 Å². The molecular formula is C23H28F3N5O5. The standard InChI is InChI=1S/C23H28F3N5O5/c1-11(2)8-16(21(34)30-15(19(27)32)9-12-6-7-28-20(12)33)31-22(35)17-10-13-14(29-17)4-3-5-18(13)36-23(24,25)26/h3-5,10-12,15-16,29H,6-9H2,1-2H3,(H2,27,32)(H,28,33)(H,30,34)(H,31,35)/t12-,15-,16-/m0/s1. The number of nitrogens with one attached hydrogen (secondary N) is 4. The van der Waals surface area contributed by atoms with E-state index in [1.807, 2.05) is 13.8 Å². The van der Waals surface area contributed by atoms with Crippen molar-refractivity contribution in [3.8, 4) is 5.75 Å². The van der Waals surface area contributed by atoms with E-state index in [1.54, 1.807) is 0 Å². The van der Waals surface area contributed by atoms with E-state index in [0.29, 0.717) is 13.0 Å². The zero-order chi connectivity index (χ0) is 26.6. The van der Waals surface area contributed by atoms with E-state index in [-0.39, 0.29) is 41.3 Å². The second-order valence-electron chi connectivity index (χ2n) is 9.08. The van der Waals surface area contributed by atoms with Crippen LogP contribution in [0.1, 0.15) is 43.6 Å². The molecule has 13 heteroatoms. The number of aromatic nitrogens is 1. The molecule has 0 radical (unpaired) electrons. The second-order valence-corrected chi connectivity index (χ2v) is 9.08. The van der Waals surface area contributed by atoms with Crippen molar-refractivity contribution in [2.24, 2.45) is 17.6 Å². The molecule has 1 saturated heterocycles. The number of alkyl halides is 3. The van der Waals surface area contributed by atoms with Crippen molar-refractivity contribution in [3.05, 3.63) is 30.0 Å². The maximum Gasteiger partial charge on any atom is 0.573 e. The quantitative estimate of drug-likeness (QED) is 0.328. The van der Waals surface area contributed by atoms with Crippen molar-refractivity contribution in [2.75, 3.05) is 6.54 Å². The van der Waals surface area contributed by atoms with Crippen LogP contribution < -0.4 is 26.4 Å². The normalized spacial score (nSPS) is 17.5. The Labute approximate surface area is 204 Å². The van der Waals surface area contributed by atoms with Crippen molar-refractivity contribution in [2.45, 2.75) is 51.6 Å². The summed E-state index contributed by atoms with van der Waals surface area (Å²) in [5.41, 5.74) is 5.58. The number of nitrogens with two attached hydrogens (primary N) is 1. The highest BCUT2D eigenvalue weighted by atomic mass is 19.4. The van der Waals surface area contributed by atoms with E-state index < -0.39 is 47.8 Å². The summed E-state index contributed by atoms with van der Waals surface area (Å²) >= 11 is 0. The predicted octanol–water partition coefficient (Wildman–Crippen LogP) is 1.71. The molecule has 0 unspecified atom stereocenters. The summed E-state index contributed by atoms with van der Waals surface area (Å²) in [5, 5.41) is 7.78. The number of rotatable bonds is 10. The molecule has 2 aromatic rings. The molecule has 36 heavy (non-hydrogen) atoms. The van der Waals surface area contributed by atoms with Crippen LogP contribution in [0.2, 0.25) is 0 Å². The Bertz CT molecular complexity index is 1150. The molecule has 6 N–H and O–H groups in total. The number of ether oxygens (including phenoxy) is 1. The SMILES string of the molecule is CC(C)C[C@H](NC(=O)c1cc2c(OC(F)(F)F)cccc2[nH]1)C(=O)N[C@@H](C[C@@H]1CCNC1=O)C(N)=O. The van der Waals surface area contributed by atoms with Crippen LogP contribution in [0.15, 0.2) is 24.3 Å². The first kappa shape index (κ1) is 26.8. The zero-order valence-corrected chi connectivity index (χ0v) is 19.7. The van der Waals surface area contributed by atoms with Gasteiger partial charge in [0.1, 0.15) is 23.5 Å². The van der Waals surface area contributed by atoms with Gasteiger partial charge in [0, 0.05) is 23.4 Å². The van der Waals surface area contributed by atoms with Crippen LogP contribution in [0.3, 0.4) is 0 Å². The van der Waals surface area contributed by atoms with Gasteiger partial charge in [0.15, 0.2) is 0 Å². The van der Waals surface area contributed by atoms with Gasteiger partial charge >= 0.3 is 6.36 Å². The number of hydrogen-bond donors (Lipinski definition) is 5. The van der Waals surface area contributed by atoms with Gasteiger partial charge in [0.25, 0.3) is 5.91 Å². The molecule has 196 valence electrons. The lowest BCUT2D eigenvalue weighted by molar-refractivity contribution is -0.274. The lowest BCUT2D eigenvalue weighted by Gasteiger charge is -2.24. The topological polar surface area (TPSA) is 155 Å². The molecule has 0 aliphatic carbocycles. The minimum absolute atomic E-state index is 0.0270. The lowest BCUT2D eigenvalue weighted by atomic mass is 9.97. The molecular weight excluding hydrogens is 483 g/mol. The maximum atomic E-state index is 13.0. The monoisotopic (exact) mass is 511 g/mol. The molecule has 1 aliphatic heterocycles. The maximum absolute atomic E-state index is 13.0. The van der Waals surface area contributed by atoms with Gasteiger partial charge in [-0.15, -0.1) is 13.2 Å². The molecule has 10 nitrogen and oxygen atoms in total. The first-order valence-electron chi connectivity index (χ1n) is 11.4. The Kier molecular flexibility index (Phi) is 8.10. The van der Waals surface area contributed by atoms with Crippen LogP contribution in [0.25, 0.3) is 10.9 Å². The number of halogens is 3. The van der Waals surface area contributed by atoms with Crippen LogP contribution in [0.5, 0.6) is 5.75 Å². The van der Waals surface area contributed by atoms with Gasteiger partial charge in [0.2, 0.25) is 17.7 Å². The molecule has 0 spiro atoms. The second kappa shape index (κ2) is 10.9. The summed E-state index contributed by atoms with van der Waals surface area (Å²) in [4.78, 5) is 52.5. The van der Waals surface area contributed by atoms with Gasteiger partial charge in [-0.1, -0.05) is 19.9 Å². The molecule has 3 atom stereocenters. The summed E-state index contributed by atoms with van der Waals surface area (Å²) < 4.78 is 42.2. The molecule has 1 aliphatic rings. The number of H-pyrrole nitrogens is 1. The average molecular weight is 512 g/mol. The number of amides is 4. The van der Waals surface area contributed by atoms with E-state index >= 15 is 0 Å². The zero-order valence-electron chi connectivity index (χ0n) is 19.7. The minimum Gasteiger partial charge on any atom is -0.405 e. The van der Waals surface area contributed by atoms with Gasteiger partial charge in [0.05, 0.1) is 0 Å². The molecule has 1 aromatic heterocycles. The van der Waals surface area contributed by atoms with Gasteiger partial charge < -0.3 is 31.4 Å². The molecule has 1 fully saturated rings. The molecule has 2 heterocycles. The highest BCUT2D eigenvalue weighted by Crippen LogP contribution is 2.31. The van der Waals surface area contributed by atoms with Crippen molar-refractivity contribution in [1.82, 2.24) is 20.9 Å². The van der Waals surface area contributed by atoms with Crippen LogP contribution in [-0.2, 0) is 14.4 Å². The van der Waals surface area contributed by atoms with Gasteiger partial charge in [-0.25, -0.2) is 0 Å². The molecule has 3 rings (SSSR count). The number of fused-ring (bicyclic) bond motifs is 1.